The third kappa shape index (κ3) is 2.94. The Hall–Kier alpha value is -2.16. The average Bonchev–Trinajstić information content (AvgIpc) is 2.37. The third-order valence-corrected chi connectivity index (χ3v) is 2.82. The normalized spacial score (nSPS) is 10.3. The minimum absolute atomic E-state index is 0.265. The number of aromatic carboxylic acids is 1. The Bertz CT molecular complexity index is 564. The highest BCUT2D eigenvalue weighted by Gasteiger charge is 2.08. The Morgan fingerprint density at radius 3 is 2.56 bits per heavy atom. The van der Waals surface area contributed by atoms with E-state index >= 15 is 0 Å². The van der Waals surface area contributed by atoms with Gasteiger partial charge in [-0.2, -0.15) is 0 Å². The van der Waals surface area contributed by atoms with Gasteiger partial charge >= 0.3 is 5.97 Å². The number of carboxylic acid groups (broad SMARTS) is 1. The second-order valence-corrected chi connectivity index (χ2v) is 4.09. The molecule has 0 fully saturated rings. The lowest BCUT2D eigenvalue weighted by molar-refractivity contribution is 0.0695. The number of hydrogen-bond acceptors (Lipinski definition) is 1. The van der Waals surface area contributed by atoms with Crippen LogP contribution in [-0.4, -0.2) is 11.1 Å². The molecule has 0 saturated carbocycles. The molecule has 3 heteroatoms. The van der Waals surface area contributed by atoms with Gasteiger partial charge in [-0.25, -0.2) is 9.18 Å². The van der Waals surface area contributed by atoms with E-state index < -0.39 is 5.97 Å². The lowest BCUT2D eigenvalue weighted by atomic mass is 10.00. The average molecular weight is 244 g/mol. The standard InChI is InChI=1S/C15H13FO2/c16-13-6-3-4-11(10-13)8-9-12-5-1-2-7-14(12)15(17)18/h1-7,10H,8-9H2,(H,17,18). The van der Waals surface area contributed by atoms with E-state index in [1.165, 1.54) is 12.1 Å². The van der Waals surface area contributed by atoms with Crippen LogP contribution in [0.2, 0.25) is 0 Å². The second-order valence-electron chi connectivity index (χ2n) is 4.09. The molecule has 0 bridgehead atoms. The van der Waals surface area contributed by atoms with E-state index in [0.29, 0.717) is 18.4 Å². The zero-order chi connectivity index (χ0) is 13.0. The number of hydrogen-bond donors (Lipinski definition) is 1. The first-order valence-corrected chi connectivity index (χ1v) is 5.72. The van der Waals surface area contributed by atoms with Crippen LogP contribution in [0.25, 0.3) is 0 Å². The summed E-state index contributed by atoms with van der Waals surface area (Å²) in [6, 6.07) is 13.3. The van der Waals surface area contributed by atoms with Gasteiger partial charge in [-0.1, -0.05) is 30.3 Å². The zero-order valence-corrected chi connectivity index (χ0v) is 9.77. The Morgan fingerprint density at radius 1 is 1.06 bits per heavy atom. The van der Waals surface area contributed by atoms with E-state index in [4.69, 9.17) is 5.11 Å². The van der Waals surface area contributed by atoms with Gasteiger partial charge in [0.25, 0.3) is 0 Å². The fraction of sp³-hybridized carbons (Fsp3) is 0.133. The summed E-state index contributed by atoms with van der Waals surface area (Å²) >= 11 is 0. The van der Waals surface area contributed by atoms with Crippen molar-refractivity contribution in [2.45, 2.75) is 12.8 Å². The van der Waals surface area contributed by atoms with Crippen LogP contribution in [0.4, 0.5) is 4.39 Å². The predicted octanol–water partition coefficient (Wildman–Crippen LogP) is 3.31. The summed E-state index contributed by atoms with van der Waals surface area (Å²) in [5, 5.41) is 9.05. The van der Waals surface area contributed by atoms with E-state index in [-0.39, 0.29) is 5.82 Å². The topological polar surface area (TPSA) is 37.3 Å². The Balaban J connectivity index is 2.13. The van der Waals surface area contributed by atoms with Crippen molar-refractivity contribution < 1.29 is 14.3 Å². The van der Waals surface area contributed by atoms with Gasteiger partial charge in [-0.15, -0.1) is 0 Å². The zero-order valence-electron chi connectivity index (χ0n) is 9.77. The molecule has 0 aliphatic carbocycles. The van der Waals surface area contributed by atoms with Crippen molar-refractivity contribution in [2.75, 3.05) is 0 Å². The number of benzene rings is 2. The van der Waals surface area contributed by atoms with Gasteiger partial charge in [0, 0.05) is 0 Å². The quantitative estimate of drug-likeness (QED) is 0.895. The molecule has 2 nitrogen and oxygen atoms in total. The van der Waals surface area contributed by atoms with Crippen LogP contribution in [0.3, 0.4) is 0 Å². The lowest BCUT2D eigenvalue weighted by Crippen LogP contribution is -2.03. The molecular formula is C15H13FO2. The molecule has 0 atom stereocenters. The maximum atomic E-state index is 13.0. The highest BCUT2D eigenvalue weighted by atomic mass is 19.1. The molecule has 2 aromatic rings. The molecule has 0 radical (unpaired) electrons. The minimum Gasteiger partial charge on any atom is -0.478 e. The molecule has 0 aromatic heterocycles. The van der Waals surface area contributed by atoms with Crippen LogP contribution in [0.15, 0.2) is 48.5 Å². The van der Waals surface area contributed by atoms with Crippen LogP contribution in [0.1, 0.15) is 21.5 Å². The van der Waals surface area contributed by atoms with Crippen LogP contribution in [0.5, 0.6) is 0 Å². The van der Waals surface area contributed by atoms with Crippen LogP contribution in [0, 0.1) is 5.82 Å². The molecule has 2 rings (SSSR count). The third-order valence-electron chi connectivity index (χ3n) is 2.82. The van der Waals surface area contributed by atoms with Gasteiger partial charge in [-0.05, 0) is 42.2 Å². The van der Waals surface area contributed by atoms with Gasteiger partial charge in [0.05, 0.1) is 5.56 Å². The first-order valence-electron chi connectivity index (χ1n) is 5.72. The van der Waals surface area contributed by atoms with Crippen molar-refractivity contribution in [2.24, 2.45) is 0 Å². The number of aryl methyl sites for hydroxylation is 2. The molecule has 92 valence electrons. The van der Waals surface area contributed by atoms with E-state index in [0.717, 1.165) is 11.1 Å². The van der Waals surface area contributed by atoms with Gasteiger partial charge in [0.15, 0.2) is 0 Å². The Labute approximate surface area is 105 Å². The maximum Gasteiger partial charge on any atom is 0.335 e. The molecule has 0 aliphatic heterocycles. The van der Waals surface area contributed by atoms with Crippen LogP contribution < -0.4 is 0 Å². The SMILES string of the molecule is O=C(O)c1ccccc1CCc1cccc(F)c1. The molecule has 1 N–H and O–H groups in total. The van der Waals surface area contributed by atoms with Crippen LogP contribution >= 0.6 is 0 Å². The van der Waals surface area contributed by atoms with Gasteiger partial charge < -0.3 is 5.11 Å². The van der Waals surface area contributed by atoms with Crippen molar-refractivity contribution in [3.8, 4) is 0 Å². The smallest absolute Gasteiger partial charge is 0.335 e. The fourth-order valence-corrected chi connectivity index (χ4v) is 1.92. The van der Waals surface area contributed by atoms with Gasteiger partial charge in [-0.3, -0.25) is 0 Å². The molecule has 0 spiro atoms. The summed E-state index contributed by atoms with van der Waals surface area (Å²) in [6.45, 7) is 0. The highest BCUT2D eigenvalue weighted by molar-refractivity contribution is 5.89. The summed E-state index contributed by atoms with van der Waals surface area (Å²) < 4.78 is 13.0. The largest absolute Gasteiger partial charge is 0.478 e. The van der Waals surface area contributed by atoms with Gasteiger partial charge in [0.1, 0.15) is 5.82 Å². The molecule has 0 amide bonds. The maximum absolute atomic E-state index is 13.0. The monoisotopic (exact) mass is 244 g/mol. The Morgan fingerprint density at radius 2 is 1.83 bits per heavy atom. The number of carbonyl (C=O) groups is 1. The molecule has 18 heavy (non-hydrogen) atoms. The highest BCUT2D eigenvalue weighted by Crippen LogP contribution is 2.13. The van der Waals surface area contributed by atoms with Crippen LogP contribution in [-0.2, 0) is 12.8 Å². The van der Waals surface area contributed by atoms with E-state index in [1.54, 1.807) is 24.3 Å². The van der Waals surface area contributed by atoms with E-state index in [1.807, 2.05) is 12.1 Å². The summed E-state index contributed by atoms with van der Waals surface area (Å²) in [4.78, 5) is 11.0. The van der Waals surface area contributed by atoms with Crippen molar-refractivity contribution >= 4 is 5.97 Å². The minimum atomic E-state index is -0.926. The summed E-state index contributed by atoms with van der Waals surface area (Å²) in [7, 11) is 0. The molecule has 0 aliphatic rings. The Kier molecular flexibility index (Phi) is 3.72. The molecule has 0 saturated heterocycles. The summed E-state index contributed by atoms with van der Waals surface area (Å²) in [5.41, 5.74) is 1.96. The van der Waals surface area contributed by atoms with Crippen molar-refractivity contribution in [3.63, 3.8) is 0 Å². The van der Waals surface area contributed by atoms with Crippen molar-refractivity contribution in [1.29, 1.82) is 0 Å². The van der Waals surface area contributed by atoms with Crippen molar-refractivity contribution in [1.82, 2.24) is 0 Å². The molecular weight excluding hydrogens is 231 g/mol. The molecule has 2 aromatic carbocycles. The summed E-state index contributed by atoms with van der Waals surface area (Å²) in [6.07, 6.45) is 1.22. The predicted molar refractivity (Wildman–Crippen MR) is 67.2 cm³/mol. The van der Waals surface area contributed by atoms with Gasteiger partial charge in [0.2, 0.25) is 0 Å². The lowest BCUT2D eigenvalue weighted by Gasteiger charge is -2.06. The van der Waals surface area contributed by atoms with E-state index in [2.05, 4.69) is 0 Å². The van der Waals surface area contributed by atoms with Crippen molar-refractivity contribution in [3.05, 3.63) is 71.0 Å². The first-order chi connectivity index (χ1) is 8.66. The number of rotatable bonds is 4. The molecule has 0 heterocycles. The number of carboxylic acids is 1. The van der Waals surface area contributed by atoms with E-state index in [9.17, 15) is 9.18 Å². The first kappa shape index (κ1) is 12.3. The molecule has 0 unspecified atom stereocenters. The second kappa shape index (κ2) is 5.45. The fourth-order valence-electron chi connectivity index (χ4n) is 1.92. The summed E-state index contributed by atoms with van der Waals surface area (Å²) in [5.74, 6) is -1.19. The number of halogens is 1.